The highest BCUT2D eigenvalue weighted by molar-refractivity contribution is 7.85. The SMILES string of the molecule is CN1CCC2(CC1)CS(=O)c1ncccc12. The fraction of sp³-hybridized carbons (Fsp3) is 0.583. The number of hydrogen-bond acceptors (Lipinski definition) is 3. The number of pyridine rings is 1. The molecule has 1 spiro atoms. The molecule has 0 aromatic carbocycles. The van der Waals surface area contributed by atoms with Crippen LogP contribution in [0.4, 0.5) is 0 Å². The molecule has 0 aliphatic carbocycles. The van der Waals surface area contributed by atoms with Gasteiger partial charge in [0, 0.05) is 17.4 Å². The van der Waals surface area contributed by atoms with Gasteiger partial charge in [-0.3, -0.25) is 4.21 Å². The highest BCUT2D eigenvalue weighted by atomic mass is 32.2. The van der Waals surface area contributed by atoms with Gasteiger partial charge >= 0.3 is 0 Å². The molecule has 2 aliphatic heterocycles. The summed E-state index contributed by atoms with van der Waals surface area (Å²) in [5, 5.41) is 0.840. The normalized spacial score (nSPS) is 28.2. The molecule has 1 aromatic heterocycles. The van der Waals surface area contributed by atoms with Gasteiger partial charge in [0.2, 0.25) is 0 Å². The number of fused-ring (bicyclic) bond motifs is 2. The van der Waals surface area contributed by atoms with Crippen molar-refractivity contribution in [1.29, 1.82) is 0 Å². The Bertz CT molecular complexity index is 438. The van der Waals surface area contributed by atoms with E-state index in [9.17, 15) is 4.21 Å². The molecule has 1 fully saturated rings. The molecule has 1 unspecified atom stereocenters. The van der Waals surface area contributed by atoms with E-state index in [1.54, 1.807) is 6.20 Å². The van der Waals surface area contributed by atoms with Crippen LogP contribution >= 0.6 is 0 Å². The lowest BCUT2D eigenvalue weighted by Crippen LogP contribution is -2.41. The summed E-state index contributed by atoms with van der Waals surface area (Å²) in [6.45, 7) is 2.21. The molecule has 0 bridgehead atoms. The van der Waals surface area contributed by atoms with E-state index in [-0.39, 0.29) is 5.41 Å². The number of piperidine rings is 1. The molecule has 86 valence electrons. The molecule has 2 aliphatic rings. The second-order valence-electron chi connectivity index (χ2n) is 4.93. The van der Waals surface area contributed by atoms with Crippen LogP contribution in [0, 0.1) is 0 Å². The van der Waals surface area contributed by atoms with Gasteiger partial charge in [-0.1, -0.05) is 6.07 Å². The molecule has 0 saturated carbocycles. The standard InChI is InChI=1S/C12H16N2OS/c1-14-7-4-12(5-8-14)9-16(15)11-10(12)3-2-6-13-11/h2-3,6H,4-5,7-9H2,1H3. The quantitative estimate of drug-likeness (QED) is 0.678. The topological polar surface area (TPSA) is 33.2 Å². The Kier molecular flexibility index (Phi) is 2.37. The van der Waals surface area contributed by atoms with E-state index in [2.05, 4.69) is 23.0 Å². The molecule has 1 atom stereocenters. The van der Waals surface area contributed by atoms with Crippen molar-refractivity contribution >= 4 is 10.8 Å². The third kappa shape index (κ3) is 1.44. The van der Waals surface area contributed by atoms with E-state index in [0.29, 0.717) is 0 Å². The molecule has 0 N–H and O–H groups in total. The van der Waals surface area contributed by atoms with Crippen LogP contribution in [0.3, 0.4) is 0 Å². The molecular weight excluding hydrogens is 220 g/mol. The second kappa shape index (κ2) is 3.64. The maximum atomic E-state index is 12.1. The first-order valence-corrected chi connectivity index (χ1v) is 7.06. The second-order valence-corrected chi connectivity index (χ2v) is 6.30. The zero-order chi connectivity index (χ0) is 11.2. The van der Waals surface area contributed by atoms with Crippen molar-refractivity contribution in [2.24, 2.45) is 0 Å². The molecule has 0 radical (unpaired) electrons. The summed E-state index contributed by atoms with van der Waals surface area (Å²) in [4.78, 5) is 6.64. The molecule has 3 rings (SSSR count). The largest absolute Gasteiger partial charge is 0.306 e. The van der Waals surface area contributed by atoms with Crippen LogP contribution in [-0.2, 0) is 16.2 Å². The first-order chi connectivity index (χ1) is 7.71. The van der Waals surface area contributed by atoms with Crippen LogP contribution in [0.5, 0.6) is 0 Å². The number of rotatable bonds is 0. The number of aromatic nitrogens is 1. The third-order valence-corrected chi connectivity index (χ3v) is 5.48. The van der Waals surface area contributed by atoms with Crippen LogP contribution in [0.25, 0.3) is 0 Å². The third-order valence-electron chi connectivity index (χ3n) is 3.91. The average molecular weight is 236 g/mol. The van der Waals surface area contributed by atoms with Crippen molar-refractivity contribution in [3.63, 3.8) is 0 Å². The van der Waals surface area contributed by atoms with Crippen molar-refractivity contribution in [3.8, 4) is 0 Å². The van der Waals surface area contributed by atoms with Crippen molar-refractivity contribution in [2.45, 2.75) is 23.3 Å². The Hall–Kier alpha value is -0.740. The Morgan fingerprint density at radius 1 is 1.44 bits per heavy atom. The molecule has 16 heavy (non-hydrogen) atoms. The maximum Gasteiger partial charge on any atom is 0.131 e. The predicted octanol–water partition coefficient (Wildman–Crippen LogP) is 1.17. The minimum Gasteiger partial charge on any atom is -0.306 e. The van der Waals surface area contributed by atoms with E-state index in [1.807, 2.05) is 6.07 Å². The zero-order valence-corrected chi connectivity index (χ0v) is 10.3. The minimum atomic E-state index is -0.876. The van der Waals surface area contributed by atoms with Gasteiger partial charge in [-0.15, -0.1) is 0 Å². The number of hydrogen-bond donors (Lipinski definition) is 0. The van der Waals surface area contributed by atoms with E-state index >= 15 is 0 Å². The van der Waals surface area contributed by atoms with Gasteiger partial charge in [0.25, 0.3) is 0 Å². The Balaban J connectivity index is 2.02. The highest BCUT2D eigenvalue weighted by Crippen LogP contribution is 2.43. The molecule has 1 aromatic rings. The number of likely N-dealkylation sites (tertiary alicyclic amines) is 1. The summed E-state index contributed by atoms with van der Waals surface area (Å²) in [6, 6.07) is 4.10. The summed E-state index contributed by atoms with van der Waals surface area (Å²) in [5.74, 6) is 0.785. The lowest BCUT2D eigenvalue weighted by molar-refractivity contribution is 0.203. The van der Waals surface area contributed by atoms with E-state index in [0.717, 1.165) is 36.7 Å². The lowest BCUT2D eigenvalue weighted by atomic mass is 9.75. The average Bonchev–Trinajstić information content (AvgIpc) is 2.58. The monoisotopic (exact) mass is 236 g/mol. The minimum absolute atomic E-state index is 0.154. The van der Waals surface area contributed by atoms with Crippen molar-refractivity contribution in [2.75, 3.05) is 25.9 Å². The van der Waals surface area contributed by atoms with Crippen LogP contribution < -0.4 is 0 Å². The van der Waals surface area contributed by atoms with E-state index < -0.39 is 10.8 Å². The lowest BCUT2D eigenvalue weighted by Gasteiger charge is -2.37. The van der Waals surface area contributed by atoms with Crippen LogP contribution in [0.15, 0.2) is 23.4 Å². The first kappa shape index (κ1) is 10.4. The van der Waals surface area contributed by atoms with E-state index in [4.69, 9.17) is 0 Å². The fourth-order valence-electron chi connectivity index (χ4n) is 2.83. The van der Waals surface area contributed by atoms with Crippen LogP contribution in [0.2, 0.25) is 0 Å². The first-order valence-electron chi connectivity index (χ1n) is 5.74. The summed E-state index contributed by atoms with van der Waals surface area (Å²) < 4.78 is 12.1. The molecule has 3 nitrogen and oxygen atoms in total. The highest BCUT2D eigenvalue weighted by Gasteiger charge is 2.44. The molecule has 1 saturated heterocycles. The van der Waals surface area contributed by atoms with Gasteiger partial charge in [-0.25, -0.2) is 4.98 Å². The molecule has 0 amide bonds. The predicted molar refractivity (Wildman–Crippen MR) is 63.9 cm³/mol. The van der Waals surface area contributed by atoms with Gasteiger partial charge in [0.1, 0.15) is 5.03 Å². The number of nitrogens with zero attached hydrogens (tertiary/aromatic N) is 2. The van der Waals surface area contributed by atoms with Crippen molar-refractivity contribution in [1.82, 2.24) is 9.88 Å². The van der Waals surface area contributed by atoms with Crippen LogP contribution in [0.1, 0.15) is 18.4 Å². The van der Waals surface area contributed by atoms with Crippen molar-refractivity contribution in [3.05, 3.63) is 23.9 Å². The summed E-state index contributed by atoms with van der Waals surface area (Å²) in [5.41, 5.74) is 1.41. The Labute approximate surface area is 98.3 Å². The molecular formula is C12H16N2OS. The van der Waals surface area contributed by atoms with E-state index in [1.165, 1.54) is 5.56 Å². The van der Waals surface area contributed by atoms with Gasteiger partial charge in [0.15, 0.2) is 0 Å². The Morgan fingerprint density at radius 3 is 2.94 bits per heavy atom. The zero-order valence-electron chi connectivity index (χ0n) is 9.48. The maximum absolute atomic E-state index is 12.1. The summed E-state index contributed by atoms with van der Waals surface area (Å²) >= 11 is 0. The van der Waals surface area contributed by atoms with Crippen molar-refractivity contribution < 1.29 is 4.21 Å². The fourth-order valence-corrected chi connectivity index (χ4v) is 4.62. The van der Waals surface area contributed by atoms with Gasteiger partial charge < -0.3 is 4.90 Å². The summed E-state index contributed by atoms with van der Waals surface area (Å²) in [6.07, 6.45) is 3.99. The summed E-state index contributed by atoms with van der Waals surface area (Å²) in [7, 11) is 1.28. The van der Waals surface area contributed by atoms with Gasteiger partial charge in [-0.2, -0.15) is 0 Å². The smallest absolute Gasteiger partial charge is 0.131 e. The van der Waals surface area contributed by atoms with Gasteiger partial charge in [-0.05, 0) is 44.6 Å². The molecule has 3 heterocycles. The molecule has 4 heteroatoms. The van der Waals surface area contributed by atoms with Gasteiger partial charge in [0.05, 0.1) is 10.8 Å². The Morgan fingerprint density at radius 2 is 2.19 bits per heavy atom. The van der Waals surface area contributed by atoms with Crippen LogP contribution in [-0.4, -0.2) is 40.0 Å².